The average molecular weight is 256 g/mol. The third-order valence-corrected chi connectivity index (χ3v) is 2.77. The zero-order valence-corrected chi connectivity index (χ0v) is 8.54. The molecule has 0 bridgehead atoms. The first-order valence-corrected chi connectivity index (χ1v) is 4.72. The van der Waals surface area contributed by atoms with Gasteiger partial charge in [-0.05, 0) is 27.6 Å². The van der Waals surface area contributed by atoms with Crippen molar-refractivity contribution in [1.82, 2.24) is 5.32 Å². The lowest BCUT2D eigenvalue weighted by Crippen LogP contribution is -2.25. The first-order valence-electron chi connectivity index (χ1n) is 3.93. The van der Waals surface area contributed by atoms with E-state index in [-0.39, 0.29) is 5.91 Å². The van der Waals surface area contributed by atoms with E-state index in [4.69, 9.17) is 5.11 Å². The van der Waals surface area contributed by atoms with Crippen molar-refractivity contribution in [2.75, 3.05) is 0 Å². The van der Waals surface area contributed by atoms with Gasteiger partial charge in [-0.1, -0.05) is 12.1 Å². The van der Waals surface area contributed by atoms with Crippen LogP contribution in [0.15, 0.2) is 22.7 Å². The van der Waals surface area contributed by atoms with Crippen LogP contribution in [0.4, 0.5) is 0 Å². The molecule has 5 heteroatoms. The molecule has 0 radical (unpaired) electrons. The summed E-state index contributed by atoms with van der Waals surface area (Å²) in [6.07, 6.45) is 0. The van der Waals surface area contributed by atoms with Crippen LogP contribution < -0.4 is 5.32 Å². The molecule has 4 nitrogen and oxygen atoms in total. The molecule has 1 aliphatic rings. The summed E-state index contributed by atoms with van der Waals surface area (Å²) in [7, 11) is 0. The van der Waals surface area contributed by atoms with Crippen LogP contribution in [0.1, 0.15) is 22.0 Å². The number of benzene rings is 1. The molecule has 1 aliphatic heterocycles. The molecule has 72 valence electrons. The van der Waals surface area contributed by atoms with Crippen LogP contribution in [0.5, 0.6) is 0 Å². The van der Waals surface area contributed by atoms with Crippen molar-refractivity contribution in [3.63, 3.8) is 0 Å². The van der Waals surface area contributed by atoms with Crippen LogP contribution in [0, 0.1) is 0 Å². The van der Waals surface area contributed by atoms with E-state index < -0.39 is 12.0 Å². The molecule has 2 N–H and O–H groups in total. The lowest BCUT2D eigenvalue weighted by molar-refractivity contribution is -0.139. The normalized spacial score (nSPS) is 18.9. The van der Waals surface area contributed by atoms with Crippen molar-refractivity contribution in [2.45, 2.75) is 6.04 Å². The number of halogens is 1. The van der Waals surface area contributed by atoms with Gasteiger partial charge in [0.2, 0.25) is 0 Å². The summed E-state index contributed by atoms with van der Waals surface area (Å²) in [5.74, 6) is -1.39. The summed E-state index contributed by atoms with van der Waals surface area (Å²) in [6, 6.07) is 4.13. The van der Waals surface area contributed by atoms with Gasteiger partial charge in [0.05, 0.1) is 5.56 Å². The summed E-state index contributed by atoms with van der Waals surface area (Å²) >= 11 is 3.21. The Morgan fingerprint density at radius 3 is 2.86 bits per heavy atom. The Morgan fingerprint density at radius 1 is 1.50 bits per heavy atom. The third-order valence-electron chi connectivity index (χ3n) is 2.11. The van der Waals surface area contributed by atoms with Crippen molar-refractivity contribution in [1.29, 1.82) is 0 Å². The molecule has 1 unspecified atom stereocenters. The molecular weight excluding hydrogens is 250 g/mol. The highest BCUT2D eigenvalue weighted by atomic mass is 79.9. The van der Waals surface area contributed by atoms with Gasteiger partial charge >= 0.3 is 5.97 Å². The van der Waals surface area contributed by atoms with Crippen molar-refractivity contribution in [3.8, 4) is 0 Å². The Hall–Kier alpha value is -1.36. The minimum Gasteiger partial charge on any atom is -0.479 e. The lowest BCUT2D eigenvalue weighted by atomic mass is 10.1. The van der Waals surface area contributed by atoms with E-state index in [0.29, 0.717) is 15.6 Å². The van der Waals surface area contributed by atoms with Crippen LogP contribution in [-0.4, -0.2) is 17.0 Å². The predicted octanol–water partition coefficient (Wildman–Crippen LogP) is 1.32. The number of rotatable bonds is 1. The summed E-state index contributed by atoms with van der Waals surface area (Å²) in [4.78, 5) is 22.2. The molecule has 2 rings (SSSR count). The highest BCUT2D eigenvalue weighted by Gasteiger charge is 2.34. The van der Waals surface area contributed by atoms with E-state index in [1.54, 1.807) is 18.2 Å². The van der Waals surface area contributed by atoms with Gasteiger partial charge in [-0.2, -0.15) is 0 Å². The Labute approximate surface area is 88.1 Å². The number of amides is 1. The molecule has 1 atom stereocenters. The number of fused-ring (bicyclic) bond motifs is 1. The smallest absolute Gasteiger partial charge is 0.330 e. The Bertz CT molecular complexity index is 430. The molecule has 0 saturated carbocycles. The predicted molar refractivity (Wildman–Crippen MR) is 52.0 cm³/mol. The Morgan fingerprint density at radius 2 is 2.21 bits per heavy atom. The van der Waals surface area contributed by atoms with Gasteiger partial charge in [0.1, 0.15) is 0 Å². The molecule has 14 heavy (non-hydrogen) atoms. The zero-order chi connectivity index (χ0) is 10.3. The lowest BCUT2D eigenvalue weighted by Gasteiger charge is -2.04. The van der Waals surface area contributed by atoms with E-state index in [0.717, 1.165) is 0 Å². The highest BCUT2D eigenvalue weighted by molar-refractivity contribution is 9.10. The molecule has 1 heterocycles. The maximum Gasteiger partial charge on any atom is 0.330 e. The maximum absolute atomic E-state index is 11.4. The number of carbonyl (C=O) groups is 2. The van der Waals surface area contributed by atoms with E-state index in [1.165, 1.54) is 0 Å². The maximum atomic E-state index is 11.4. The fourth-order valence-corrected chi connectivity index (χ4v) is 2.06. The summed E-state index contributed by atoms with van der Waals surface area (Å²) in [6.45, 7) is 0. The van der Waals surface area contributed by atoms with Crippen LogP contribution >= 0.6 is 15.9 Å². The van der Waals surface area contributed by atoms with E-state index in [9.17, 15) is 9.59 Å². The number of carboxylic acids is 1. The van der Waals surface area contributed by atoms with Gasteiger partial charge in [0, 0.05) is 4.47 Å². The zero-order valence-electron chi connectivity index (χ0n) is 6.95. The molecule has 1 amide bonds. The first-order chi connectivity index (χ1) is 6.61. The largest absolute Gasteiger partial charge is 0.479 e. The SMILES string of the molecule is O=C1NC(C(=O)O)c2cccc(Br)c21. The monoisotopic (exact) mass is 255 g/mol. The second-order valence-electron chi connectivity index (χ2n) is 2.95. The molecular formula is C9H6BrNO3. The van der Waals surface area contributed by atoms with Gasteiger partial charge in [0.15, 0.2) is 6.04 Å². The second kappa shape index (κ2) is 3.09. The second-order valence-corrected chi connectivity index (χ2v) is 3.80. The molecule has 1 aromatic rings. The molecule has 0 spiro atoms. The number of hydrogen-bond acceptors (Lipinski definition) is 2. The van der Waals surface area contributed by atoms with E-state index >= 15 is 0 Å². The van der Waals surface area contributed by atoms with E-state index in [2.05, 4.69) is 21.2 Å². The van der Waals surface area contributed by atoms with Gasteiger partial charge in [-0.25, -0.2) is 4.79 Å². The minimum atomic E-state index is -1.05. The fourth-order valence-electron chi connectivity index (χ4n) is 1.50. The Kier molecular flexibility index (Phi) is 2.03. The number of carboxylic acid groups (broad SMARTS) is 1. The van der Waals surface area contributed by atoms with Gasteiger partial charge in [-0.15, -0.1) is 0 Å². The number of hydrogen-bond donors (Lipinski definition) is 2. The Balaban J connectivity index is 2.60. The number of nitrogens with one attached hydrogen (secondary N) is 1. The molecule has 1 aromatic carbocycles. The topological polar surface area (TPSA) is 66.4 Å². The van der Waals surface area contributed by atoms with Crippen molar-refractivity contribution < 1.29 is 14.7 Å². The van der Waals surface area contributed by atoms with Gasteiger partial charge in [0.25, 0.3) is 5.91 Å². The van der Waals surface area contributed by atoms with Crippen LogP contribution in [0.25, 0.3) is 0 Å². The van der Waals surface area contributed by atoms with Crippen molar-refractivity contribution in [3.05, 3.63) is 33.8 Å². The third kappa shape index (κ3) is 1.21. The minimum absolute atomic E-state index is 0.347. The molecule has 0 fully saturated rings. The summed E-state index contributed by atoms with van der Waals surface area (Å²) in [5, 5.41) is 11.2. The fraction of sp³-hybridized carbons (Fsp3) is 0.111. The van der Waals surface area contributed by atoms with Crippen molar-refractivity contribution >= 4 is 27.8 Å². The van der Waals surface area contributed by atoms with Gasteiger partial charge in [-0.3, -0.25) is 4.79 Å². The molecule has 0 aromatic heterocycles. The first kappa shape index (κ1) is 9.21. The van der Waals surface area contributed by atoms with Crippen LogP contribution in [0.2, 0.25) is 0 Å². The van der Waals surface area contributed by atoms with Gasteiger partial charge < -0.3 is 10.4 Å². The van der Waals surface area contributed by atoms with Crippen LogP contribution in [0.3, 0.4) is 0 Å². The average Bonchev–Trinajstić information content (AvgIpc) is 2.45. The van der Waals surface area contributed by atoms with E-state index in [1.807, 2.05) is 0 Å². The standard InChI is InChI=1S/C9H6BrNO3/c10-5-3-1-2-4-6(5)8(12)11-7(4)9(13)14/h1-3,7H,(H,11,12)(H,13,14). The quantitative estimate of drug-likeness (QED) is 0.796. The molecule has 0 saturated heterocycles. The summed E-state index contributed by atoms with van der Waals surface area (Å²) in [5.41, 5.74) is 0.928. The summed E-state index contributed by atoms with van der Waals surface area (Å²) < 4.78 is 0.622. The molecule has 0 aliphatic carbocycles. The number of carbonyl (C=O) groups excluding carboxylic acids is 1. The highest BCUT2D eigenvalue weighted by Crippen LogP contribution is 2.30. The van der Waals surface area contributed by atoms with Crippen LogP contribution in [-0.2, 0) is 4.79 Å². The van der Waals surface area contributed by atoms with Crippen molar-refractivity contribution in [2.24, 2.45) is 0 Å². The number of aliphatic carboxylic acids is 1.